The molecule has 17 nitrogen and oxygen atoms in total. The summed E-state index contributed by atoms with van der Waals surface area (Å²) in [4.78, 5) is 86.9. The SMILES string of the molecule is C.C.C.C=COC(=O)C(C)C.CC(C)=C(C)C.CC(C)C(=O)OC(C)(C)C.CC(C)C(=O)OCC1c2ccccc2-c2ccccc21.CC(C)C(=O)OCc1ccccc1.CC(C)C(=O)OCc1ccccc1[N+](=O)[O-].CCCCOC(=O)C(C)C.CCOC(=O)C(C)C. The third-order valence-corrected chi connectivity index (χ3v) is 12.1. The second-order valence-corrected chi connectivity index (χ2v) is 24.4. The molecule has 0 heterocycles. The summed E-state index contributed by atoms with van der Waals surface area (Å²) in [6.07, 6.45) is 3.19. The monoisotopic (exact) mass is 1320 g/mol. The van der Waals surface area contributed by atoms with E-state index in [9.17, 15) is 43.7 Å². The van der Waals surface area contributed by atoms with Gasteiger partial charge >= 0.3 is 41.8 Å². The predicted octanol–water partition coefficient (Wildman–Crippen LogP) is 19.5. The predicted molar refractivity (Wildman–Crippen MR) is 382 cm³/mol. The third kappa shape index (κ3) is 46.2. The molecule has 0 fully saturated rings. The van der Waals surface area contributed by atoms with Gasteiger partial charge in [0.25, 0.3) is 5.69 Å². The first-order chi connectivity index (χ1) is 42.4. The van der Waals surface area contributed by atoms with E-state index in [-0.39, 0.29) is 129 Å². The second-order valence-electron chi connectivity index (χ2n) is 24.4. The fraction of sp³-hybridized carbons (Fsp3) is 0.545. The number of carbonyl (C=O) groups excluding carboxylic acids is 7. The lowest BCUT2D eigenvalue weighted by Crippen LogP contribution is -2.26. The average molecular weight is 1320 g/mol. The zero-order valence-corrected chi connectivity index (χ0v) is 59.1. The van der Waals surface area contributed by atoms with E-state index in [0.29, 0.717) is 32.0 Å². The maximum Gasteiger partial charge on any atom is 0.313 e. The van der Waals surface area contributed by atoms with Crippen molar-refractivity contribution in [3.8, 4) is 11.1 Å². The molecular formula is C77H123NO16. The third-order valence-electron chi connectivity index (χ3n) is 12.1. The summed E-state index contributed by atoms with van der Waals surface area (Å²) in [5.74, 6) is -1.50. The number of nitrogens with zero attached hydrogens (tertiary/aromatic N) is 1. The summed E-state index contributed by atoms with van der Waals surface area (Å²) < 4.78 is 34.5. The highest BCUT2D eigenvalue weighted by atomic mass is 16.6. The number of ether oxygens (including phenoxy) is 7. The summed E-state index contributed by atoms with van der Waals surface area (Å²) in [6.45, 7) is 48.3. The van der Waals surface area contributed by atoms with Crippen LogP contribution in [-0.4, -0.2) is 72.1 Å². The lowest BCUT2D eigenvalue weighted by atomic mass is 9.98. The first kappa shape index (κ1) is 97.1. The van der Waals surface area contributed by atoms with E-state index in [2.05, 4.69) is 87.1 Å². The van der Waals surface area contributed by atoms with Crippen LogP contribution in [0, 0.1) is 51.5 Å². The lowest BCUT2D eigenvalue weighted by Gasteiger charge is -2.20. The number of nitro groups is 1. The van der Waals surface area contributed by atoms with Crippen LogP contribution < -0.4 is 0 Å². The number of hydrogen-bond acceptors (Lipinski definition) is 16. The molecule has 17 heteroatoms. The minimum Gasteiger partial charge on any atom is -0.466 e. The van der Waals surface area contributed by atoms with Crippen LogP contribution in [0.25, 0.3) is 11.1 Å². The molecule has 0 bridgehead atoms. The van der Waals surface area contributed by atoms with Crippen LogP contribution in [0.1, 0.15) is 223 Å². The number of esters is 7. The van der Waals surface area contributed by atoms with Crippen LogP contribution in [0.15, 0.2) is 127 Å². The van der Waals surface area contributed by atoms with Gasteiger partial charge in [0.05, 0.1) is 71.4 Å². The van der Waals surface area contributed by atoms with Gasteiger partial charge in [-0.15, -0.1) is 0 Å². The first-order valence-corrected chi connectivity index (χ1v) is 31.3. The first-order valence-electron chi connectivity index (χ1n) is 31.3. The van der Waals surface area contributed by atoms with Crippen molar-refractivity contribution in [2.45, 2.75) is 219 Å². The minimum absolute atomic E-state index is 0. The fourth-order valence-corrected chi connectivity index (χ4v) is 6.22. The average Bonchev–Trinajstić information content (AvgIpc) is 1.62. The number of unbranched alkanes of at least 4 members (excludes halogenated alkanes) is 1. The highest BCUT2D eigenvalue weighted by Gasteiger charge is 2.29. The van der Waals surface area contributed by atoms with Gasteiger partial charge in [-0.25, -0.2) is 0 Å². The van der Waals surface area contributed by atoms with Crippen molar-refractivity contribution in [1.82, 2.24) is 0 Å². The Morgan fingerprint density at radius 2 is 0.851 bits per heavy atom. The molecular weight excluding hydrogens is 1190 g/mol. The maximum atomic E-state index is 11.7. The van der Waals surface area contributed by atoms with Gasteiger partial charge in [-0.2, -0.15) is 0 Å². The molecule has 0 unspecified atom stereocenters. The quantitative estimate of drug-likeness (QED) is 0.0162. The summed E-state index contributed by atoms with van der Waals surface area (Å²) in [6, 6.07) is 32.6. The van der Waals surface area contributed by atoms with Crippen LogP contribution in [0.2, 0.25) is 0 Å². The molecule has 1 aliphatic rings. The van der Waals surface area contributed by atoms with Crippen LogP contribution in [-0.2, 0) is 79.9 Å². The number of carbonyl (C=O) groups is 7. The minimum atomic E-state index is -0.488. The van der Waals surface area contributed by atoms with Gasteiger partial charge in [-0.05, 0) is 95.7 Å². The Labute approximate surface area is 567 Å². The number of benzene rings is 4. The standard InChI is InChI=1S/C18H18O2.C11H13NO4.C11H14O2.2C8H16O2.C6H12O2.C6H10O2.C6H12.3CH4/c1-12(2)18(19)20-11-17-15-9-5-3-7-13(15)14-8-4-6-10-16(14)17;1-8(2)11(13)16-7-9-5-3-4-6-10(9)12(14)15;1-9(2)11(12)13-8-10-6-4-3-5-7-10;1-6(2)7(9)10-8(3,4)5;1-4-5-6-10-8(9)7(2)3;2*1-4-8-6(7)5(2)3;1-5(2)6(3)4;;;/h3-10,12,17H,11H2,1-2H3;3-6,8H,7H2,1-2H3;3-7,9H,8H2,1-2H3;6H,1-5H3;7H,4-6H2,1-3H3;5H,4H2,1-3H3;4-5H,1H2,2-3H3;1-4H3;3*1H4. The topological polar surface area (TPSA) is 227 Å². The zero-order chi connectivity index (χ0) is 70.6. The van der Waals surface area contributed by atoms with Crippen LogP contribution in [0.5, 0.6) is 0 Å². The van der Waals surface area contributed by atoms with Crippen molar-refractivity contribution in [2.24, 2.45) is 41.4 Å². The largest absolute Gasteiger partial charge is 0.466 e. The number of para-hydroxylation sites is 1. The Hall–Kier alpha value is -7.95. The Morgan fingerprint density at radius 1 is 0.489 bits per heavy atom. The van der Waals surface area contributed by atoms with Crippen LogP contribution in [0.4, 0.5) is 5.69 Å². The Morgan fingerprint density at radius 3 is 1.19 bits per heavy atom. The number of rotatable bonds is 19. The molecule has 4 aromatic carbocycles. The molecule has 0 aromatic heterocycles. The number of hydrogen-bond donors (Lipinski definition) is 0. The molecule has 0 aliphatic heterocycles. The van der Waals surface area contributed by atoms with E-state index in [1.807, 2.05) is 132 Å². The van der Waals surface area contributed by atoms with Crippen molar-refractivity contribution in [2.75, 3.05) is 19.8 Å². The van der Waals surface area contributed by atoms with E-state index in [1.54, 1.807) is 52.8 Å². The number of allylic oxidation sites excluding steroid dienone is 2. The van der Waals surface area contributed by atoms with Gasteiger partial charge < -0.3 is 33.2 Å². The lowest BCUT2D eigenvalue weighted by molar-refractivity contribution is -0.385. The van der Waals surface area contributed by atoms with E-state index in [1.165, 1.54) is 39.5 Å². The second kappa shape index (κ2) is 54.4. The van der Waals surface area contributed by atoms with Crippen LogP contribution >= 0.6 is 0 Å². The normalized spacial score (nSPS) is 10.3. The van der Waals surface area contributed by atoms with Crippen molar-refractivity contribution < 1.29 is 71.6 Å². The summed E-state index contributed by atoms with van der Waals surface area (Å²) in [7, 11) is 0. The molecule has 532 valence electrons. The highest BCUT2D eigenvalue weighted by Crippen LogP contribution is 2.44. The van der Waals surface area contributed by atoms with E-state index in [4.69, 9.17) is 23.7 Å². The van der Waals surface area contributed by atoms with E-state index >= 15 is 0 Å². The Balaban J connectivity index is -0.000000241. The zero-order valence-electron chi connectivity index (χ0n) is 59.1. The smallest absolute Gasteiger partial charge is 0.313 e. The van der Waals surface area contributed by atoms with Crippen molar-refractivity contribution in [3.05, 3.63) is 159 Å². The Bertz CT molecular complexity index is 2740. The summed E-state index contributed by atoms with van der Waals surface area (Å²) in [5.41, 5.74) is 8.93. The molecule has 0 N–H and O–H groups in total. The van der Waals surface area contributed by atoms with E-state index in [0.717, 1.165) is 24.7 Å². The summed E-state index contributed by atoms with van der Waals surface area (Å²) in [5, 5.41) is 10.7. The van der Waals surface area contributed by atoms with Gasteiger partial charge in [-0.1, -0.05) is 241 Å². The maximum absolute atomic E-state index is 11.7. The van der Waals surface area contributed by atoms with Gasteiger partial charge in [0.1, 0.15) is 25.4 Å². The van der Waals surface area contributed by atoms with Crippen molar-refractivity contribution >= 4 is 47.5 Å². The molecule has 0 atom stereocenters. The van der Waals surface area contributed by atoms with Gasteiger partial charge in [0, 0.05) is 12.0 Å². The van der Waals surface area contributed by atoms with Gasteiger partial charge in [0.15, 0.2) is 0 Å². The fourth-order valence-electron chi connectivity index (χ4n) is 6.22. The Kier molecular flexibility index (Phi) is 56.3. The molecule has 5 rings (SSSR count). The molecule has 0 saturated heterocycles. The van der Waals surface area contributed by atoms with Crippen molar-refractivity contribution in [1.29, 1.82) is 0 Å². The molecule has 4 aromatic rings. The molecule has 0 saturated carbocycles. The van der Waals surface area contributed by atoms with E-state index < -0.39 is 4.92 Å². The molecule has 0 spiro atoms. The summed E-state index contributed by atoms with van der Waals surface area (Å²) >= 11 is 0. The molecule has 94 heavy (non-hydrogen) atoms. The van der Waals surface area contributed by atoms with Gasteiger partial charge in [-0.3, -0.25) is 43.7 Å². The number of nitro benzene ring substituents is 1. The van der Waals surface area contributed by atoms with Gasteiger partial charge in [0.2, 0.25) is 0 Å². The van der Waals surface area contributed by atoms with Crippen LogP contribution in [0.3, 0.4) is 0 Å². The number of fused-ring (bicyclic) bond motifs is 3. The highest BCUT2D eigenvalue weighted by molar-refractivity contribution is 5.79. The van der Waals surface area contributed by atoms with Crippen molar-refractivity contribution in [3.63, 3.8) is 0 Å². The molecule has 0 radical (unpaired) electrons. The molecule has 0 amide bonds. The molecule has 1 aliphatic carbocycles.